The first-order valence-corrected chi connectivity index (χ1v) is 8.41. The number of furan rings is 1. The van der Waals surface area contributed by atoms with Crippen molar-refractivity contribution in [2.45, 2.75) is 19.5 Å². The summed E-state index contributed by atoms with van der Waals surface area (Å²) in [4.78, 5) is 37.5. The van der Waals surface area contributed by atoms with E-state index in [1.807, 2.05) is 43.3 Å². The Labute approximate surface area is 157 Å². The Bertz CT molecular complexity index is 769. The fraction of sp³-hybridized carbons (Fsp3) is 0.316. The van der Waals surface area contributed by atoms with E-state index < -0.39 is 30.4 Å². The van der Waals surface area contributed by atoms with Crippen LogP contribution in [-0.4, -0.2) is 44.5 Å². The van der Waals surface area contributed by atoms with E-state index in [1.54, 1.807) is 6.07 Å². The van der Waals surface area contributed by atoms with Crippen LogP contribution in [0, 0.1) is 0 Å². The summed E-state index contributed by atoms with van der Waals surface area (Å²) in [6.45, 7) is 1.37. The van der Waals surface area contributed by atoms with Gasteiger partial charge in [0.15, 0.2) is 12.4 Å². The van der Waals surface area contributed by atoms with Gasteiger partial charge in [0, 0.05) is 26.3 Å². The Hall–Kier alpha value is -3.29. The van der Waals surface area contributed by atoms with E-state index in [1.165, 1.54) is 19.3 Å². The minimum Gasteiger partial charge on any atom is -0.459 e. The molecule has 0 saturated carbocycles. The molecule has 0 aliphatic rings. The van der Waals surface area contributed by atoms with Crippen molar-refractivity contribution < 1.29 is 23.5 Å². The number of carbonyl (C=O) groups is 3. The van der Waals surface area contributed by atoms with E-state index in [4.69, 9.17) is 9.15 Å². The summed E-state index contributed by atoms with van der Waals surface area (Å²) < 4.78 is 9.86. The van der Waals surface area contributed by atoms with Crippen LogP contribution < -0.4 is 15.5 Å². The molecule has 0 aliphatic heterocycles. The van der Waals surface area contributed by atoms with Crippen LogP contribution in [0.4, 0.5) is 5.69 Å². The van der Waals surface area contributed by atoms with Crippen LogP contribution in [0.15, 0.2) is 47.1 Å². The monoisotopic (exact) mass is 373 g/mol. The second-order valence-electron chi connectivity index (χ2n) is 6.12. The zero-order valence-corrected chi connectivity index (χ0v) is 15.5. The maximum Gasteiger partial charge on any atom is 0.328 e. The minimum atomic E-state index is -0.908. The van der Waals surface area contributed by atoms with Gasteiger partial charge < -0.3 is 24.7 Å². The molecule has 2 aromatic rings. The van der Waals surface area contributed by atoms with Crippen molar-refractivity contribution in [1.82, 2.24) is 10.6 Å². The molecule has 2 rings (SSSR count). The minimum absolute atomic E-state index is 0.0904. The molecule has 1 atom stereocenters. The normalized spacial score (nSPS) is 11.4. The molecule has 0 spiro atoms. The zero-order chi connectivity index (χ0) is 19.8. The van der Waals surface area contributed by atoms with Crippen LogP contribution in [0.1, 0.15) is 23.0 Å². The lowest BCUT2D eigenvalue weighted by atomic mass is 10.2. The molecule has 0 aliphatic carbocycles. The van der Waals surface area contributed by atoms with Crippen molar-refractivity contribution in [3.63, 3.8) is 0 Å². The van der Waals surface area contributed by atoms with Gasteiger partial charge in [-0.15, -0.1) is 0 Å². The fourth-order valence-corrected chi connectivity index (χ4v) is 2.16. The number of benzene rings is 1. The molecule has 1 heterocycles. The first-order chi connectivity index (χ1) is 12.9. The van der Waals surface area contributed by atoms with Gasteiger partial charge in [0.2, 0.25) is 0 Å². The zero-order valence-electron chi connectivity index (χ0n) is 15.5. The van der Waals surface area contributed by atoms with Crippen molar-refractivity contribution in [2.24, 2.45) is 0 Å². The average molecular weight is 373 g/mol. The summed E-state index contributed by atoms with van der Waals surface area (Å²) >= 11 is 0. The topological polar surface area (TPSA) is 101 Å². The van der Waals surface area contributed by atoms with E-state index in [9.17, 15) is 14.4 Å². The molecule has 0 unspecified atom stereocenters. The molecule has 8 nitrogen and oxygen atoms in total. The molecule has 0 saturated heterocycles. The summed E-state index contributed by atoms with van der Waals surface area (Å²) in [5.41, 5.74) is 1.99. The number of hydrogen-bond donors (Lipinski definition) is 2. The molecular weight excluding hydrogens is 350 g/mol. The molecule has 2 N–H and O–H groups in total. The Balaban J connectivity index is 1.71. The van der Waals surface area contributed by atoms with Gasteiger partial charge in [0.05, 0.1) is 6.26 Å². The Morgan fingerprint density at radius 2 is 1.85 bits per heavy atom. The lowest BCUT2D eigenvalue weighted by Crippen LogP contribution is -2.40. The number of anilines is 1. The largest absolute Gasteiger partial charge is 0.459 e. The number of hydrogen-bond acceptors (Lipinski definition) is 6. The van der Waals surface area contributed by atoms with Crippen molar-refractivity contribution >= 4 is 23.5 Å². The van der Waals surface area contributed by atoms with Crippen LogP contribution in [0.2, 0.25) is 0 Å². The Morgan fingerprint density at radius 1 is 1.15 bits per heavy atom. The second-order valence-corrected chi connectivity index (χ2v) is 6.12. The predicted molar refractivity (Wildman–Crippen MR) is 99.2 cm³/mol. The van der Waals surface area contributed by atoms with Gasteiger partial charge >= 0.3 is 5.97 Å². The number of esters is 1. The summed E-state index contributed by atoms with van der Waals surface area (Å²) in [7, 11) is 3.90. The van der Waals surface area contributed by atoms with Crippen molar-refractivity contribution in [3.05, 3.63) is 54.0 Å². The third-order valence-electron chi connectivity index (χ3n) is 3.73. The number of rotatable bonds is 8. The first-order valence-electron chi connectivity index (χ1n) is 8.41. The molecule has 2 amide bonds. The summed E-state index contributed by atoms with van der Waals surface area (Å²) in [5, 5.41) is 5.11. The molecular formula is C19H23N3O5. The van der Waals surface area contributed by atoms with Gasteiger partial charge in [0.1, 0.15) is 6.04 Å². The van der Waals surface area contributed by atoms with Crippen LogP contribution in [0.25, 0.3) is 0 Å². The van der Waals surface area contributed by atoms with Crippen LogP contribution in [0.5, 0.6) is 0 Å². The van der Waals surface area contributed by atoms with Gasteiger partial charge in [-0.3, -0.25) is 9.59 Å². The highest BCUT2D eigenvalue weighted by Gasteiger charge is 2.20. The highest BCUT2D eigenvalue weighted by atomic mass is 16.5. The molecule has 27 heavy (non-hydrogen) atoms. The Morgan fingerprint density at radius 3 is 2.44 bits per heavy atom. The van der Waals surface area contributed by atoms with Crippen molar-refractivity contribution in [2.75, 3.05) is 25.6 Å². The van der Waals surface area contributed by atoms with Gasteiger partial charge in [0.25, 0.3) is 11.8 Å². The molecule has 0 bridgehead atoms. The maximum atomic E-state index is 11.9. The summed E-state index contributed by atoms with van der Waals surface area (Å²) in [6.07, 6.45) is 1.36. The van der Waals surface area contributed by atoms with E-state index in [0.29, 0.717) is 6.54 Å². The first kappa shape index (κ1) is 20.0. The quantitative estimate of drug-likeness (QED) is 0.677. The molecule has 8 heteroatoms. The Kier molecular flexibility index (Phi) is 6.99. The van der Waals surface area contributed by atoms with E-state index in [-0.39, 0.29) is 5.76 Å². The van der Waals surface area contributed by atoms with E-state index in [2.05, 4.69) is 10.6 Å². The van der Waals surface area contributed by atoms with Gasteiger partial charge in [-0.25, -0.2) is 4.79 Å². The van der Waals surface area contributed by atoms with Gasteiger partial charge in [-0.1, -0.05) is 12.1 Å². The average Bonchev–Trinajstić information content (AvgIpc) is 3.19. The lowest BCUT2D eigenvalue weighted by Gasteiger charge is -2.14. The summed E-state index contributed by atoms with van der Waals surface area (Å²) in [5.74, 6) is -1.58. The highest BCUT2D eigenvalue weighted by Crippen LogP contribution is 2.11. The standard InChI is InChI=1S/C19H23N3O5/c1-13(21-18(24)16-5-4-10-26-16)19(25)27-12-17(23)20-11-14-6-8-15(9-7-14)22(2)3/h4-10,13H,11-12H2,1-3H3,(H,20,23)(H,21,24)/t13-/m0/s1. The van der Waals surface area contributed by atoms with Crippen LogP contribution in [-0.2, 0) is 20.9 Å². The van der Waals surface area contributed by atoms with Crippen LogP contribution >= 0.6 is 0 Å². The summed E-state index contributed by atoms with van der Waals surface area (Å²) in [6, 6.07) is 9.86. The number of amides is 2. The molecule has 144 valence electrons. The number of ether oxygens (including phenoxy) is 1. The smallest absolute Gasteiger partial charge is 0.328 e. The van der Waals surface area contributed by atoms with Crippen molar-refractivity contribution in [3.8, 4) is 0 Å². The number of nitrogens with one attached hydrogen (secondary N) is 2. The third kappa shape index (κ3) is 6.18. The molecule has 1 aromatic carbocycles. The van der Waals surface area contributed by atoms with Crippen LogP contribution in [0.3, 0.4) is 0 Å². The lowest BCUT2D eigenvalue weighted by molar-refractivity contribution is -0.150. The fourth-order valence-electron chi connectivity index (χ4n) is 2.16. The van der Waals surface area contributed by atoms with E-state index >= 15 is 0 Å². The molecule has 1 aromatic heterocycles. The maximum absolute atomic E-state index is 11.9. The van der Waals surface area contributed by atoms with Gasteiger partial charge in [-0.05, 0) is 36.8 Å². The third-order valence-corrected chi connectivity index (χ3v) is 3.73. The predicted octanol–water partition coefficient (Wildman–Crippen LogP) is 1.32. The second kappa shape index (κ2) is 9.42. The highest BCUT2D eigenvalue weighted by molar-refractivity contribution is 5.94. The van der Waals surface area contributed by atoms with E-state index in [0.717, 1.165) is 11.3 Å². The van der Waals surface area contributed by atoms with Gasteiger partial charge in [-0.2, -0.15) is 0 Å². The SMILES string of the molecule is C[C@H](NC(=O)c1ccco1)C(=O)OCC(=O)NCc1ccc(N(C)C)cc1. The number of nitrogens with zero attached hydrogens (tertiary/aromatic N) is 1. The molecule has 0 radical (unpaired) electrons. The number of carbonyl (C=O) groups excluding carboxylic acids is 3. The molecule has 0 fully saturated rings. The van der Waals surface area contributed by atoms with Crippen molar-refractivity contribution in [1.29, 1.82) is 0 Å².